The van der Waals surface area contributed by atoms with E-state index >= 15 is 0 Å². The number of carbonyl (C=O) groups excluding carboxylic acids is 1. The molecule has 1 heterocycles. The zero-order valence-electron chi connectivity index (χ0n) is 18.2. The van der Waals surface area contributed by atoms with Crippen LogP contribution in [0.1, 0.15) is 39.2 Å². The molecule has 1 aromatic heterocycles. The van der Waals surface area contributed by atoms with E-state index in [-0.39, 0.29) is 12.3 Å². The van der Waals surface area contributed by atoms with Crippen molar-refractivity contribution in [3.05, 3.63) is 54.4 Å². The fourth-order valence-electron chi connectivity index (χ4n) is 3.13. The predicted molar refractivity (Wildman–Crippen MR) is 121 cm³/mol. The highest BCUT2D eigenvalue weighted by molar-refractivity contribution is 7.39. The van der Waals surface area contributed by atoms with Crippen LogP contribution in [0.15, 0.2) is 53.5 Å². The molecule has 2 N–H and O–H groups in total. The van der Waals surface area contributed by atoms with E-state index in [1.165, 1.54) is 0 Å². The lowest BCUT2D eigenvalue weighted by molar-refractivity contribution is -0.156. The summed E-state index contributed by atoms with van der Waals surface area (Å²) >= 11 is 0. The number of pyridine rings is 1. The number of hydrogen-bond acceptors (Lipinski definition) is 5. The van der Waals surface area contributed by atoms with Gasteiger partial charge < -0.3 is 15.3 Å². The molecule has 0 saturated heterocycles. The Hall–Kier alpha value is -2.63. The van der Waals surface area contributed by atoms with Crippen LogP contribution < -0.4 is 10.2 Å². The number of carboxylic acid groups (broad SMARTS) is 1. The first-order valence-electron chi connectivity index (χ1n) is 10.5. The van der Waals surface area contributed by atoms with Crippen molar-refractivity contribution in [1.29, 1.82) is 0 Å². The van der Waals surface area contributed by atoms with Crippen molar-refractivity contribution >= 4 is 19.8 Å². The number of nitrogens with zero attached hydrogens (tertiary/aromatic N) is 2. The van der Waals surface area contributed by atoms with Gasteiger partial charge in [0, 0.05) is 18.8 Å². The van der Waals surface area contributed by atoms with Crippen molar-refractivity contribution < 1.29 is 19.6 Å². The lowest BCUT2D eigenvalue weighted by Crippen LogP contribution is -2.46. The van der Waals surface area contributed by atoms with E-state index in [1.807, 2.05) is 57.2 Å². The summed E-state index contributed by atoms with van der Waals surface area (Å²) in [5.41, 5.74) is 2.73. The van der Waals surface area contributed by atoms with Gasteiger partial charge in [-0.3, -0.25) is 9.78 Å². The molecule has 7 nitrogen and oxygen atoms in total. The van der Waals surface area contributed by atoms with Crippen LogP contribution in [-0.4, -0.2) is 40.2 Å². The molecule has 8 heteroatoms. The van der Waals surface area contributed by atoms with Crippen LogP contribution in [0.3, 0.4) is 0 Å². The third-order valence-corrected chi connectivity index (χ3v) is 6.05. The Morgan fingerprint density at radius 1 is 1.19 bits per heavy atom. The van der Waals surface area contributed by atoms with Crippen molar-refractivity contribution in [3.63, 3.8) is 0 Å². The van der Waals surface area contributed by atoms with E-state index < -0.39 is 31.9 Å². The van der Waals surface area contributed by atoms with Gasteiger partial charge in [0.05, 0.1) is 0 Å². The van der Waals surface area contributed by atoms with E-state index in [2.05, 4.69) is 15.0 Å². The second-order valence-corrected chi connectivity index (χ2v) is 9.26. The van der Waals surface area contributed by atoms with Crippen molar-refractivity contribution in [2.75, 3.05) is 6.16 Å². The summed E-state index contributed by atoms with van der Waals surface area (Å²) in [6.07, 6.45) is 5.16. The molecular weight excluding hydrogens is 413 g/mol. The number of rotatable bonds is 11. The van der Waals surface area contributed by atoms with Gasteiger partial charge in [0.2, 0.25) is 5.91 Å². The van der Waals surface area contributed by atoms with Crippen LogP contribution in [0.5, 0.6) is 0 Å². The molecule has 0 radical (unpaired) electrons. The summed E-state index contributed by atoms with van der Waals surface area (Å²) in [6.45, 7) is 5.79. The molecule has 0 bridgehead atoms. The summed E-state index contributed by atoms with van der Waals surface area (Å²) in [7, 11) is -1.84. The minimum Gasteiger partial charge on any atom is -0.612 e. The van der Waals surface area contributed by atoms with Crippen molar-refractivity contribution in [2.45, 2.75) is 52.1 Å². The molecule has 166 valence electrons. The maximum absolute atomic E-state index is 12.8. The summed E-state index contributed by atoms with van der Waals surface area (Å²) in [4.78, 5) is 40.7. The Balaban J connectivity index is 2.11. The molecule has 0 aliphatic rings. The molecule has 0 saturated carbocycles. The third kappa shape index (κ3) is 8.19. The normalized spacial score (nSPS) is 13.6. The van der Waals surface area contributed by atoms with Crippen LogP contribution in [0.2, 0.25) is 0 Å². The monoisotopic (exact) mass is 443 g/mol. The van der Waals surface area contributed by atoms with Crippen LogP contribution >= 0.6 is 7.94 Å². The molecule has 3 atom stereocenters. The molecule has 0 aliphatic carbocycles. The number of aliphatic carboxylic acids is 1. The molecule has 1 amide bonds. The Morgan fingerprint density at radius 2 is 1.90 bits per heavy atom. The van der Waals surface area contributed by atoms with E-state index in [1.54, 1.807) is 12.4 Å². The topological polar surface area (TPSA) is 115 Å². The molecule has 31 heavy (non-hydrogen) atoms. The highest BCUT2D eigenvalue weighted by atomic mass is 31.1. The van der Waals surface area contributed by atoms with Gasteiger partial charge in [-0.15, -0.1) is 4.74 Å². The van der Waals surface area contributed by atoms with Crippen molar-refractivity contribution in [3.8, 4) is 11.1 Å². The maximum Gasteiger partial charge on any atom is 0.326 e. The minimum absolute atomic E-state index is 0.143. The molecule has 2 aromatic rings. The Kier molecular flexibility index (Phi) is 9.76. The Morgan fingerprint density at radius 3 is 2.45 bits per heavy atom. The molecular formula is C23H30N3O4P. The summed E-state index contributed by atoms with van der Waals surface area (Å²) in [6, 6.07) is 9.39. The highest BCUT2D eigenvalue weighted by Crippen LogP contribution is 2.22. The molecule has 0 spiro atoms. The molecule has 0 aliphatic heterocycles. The van der Waals surface area contributed by atoms with Gasteiger partial charge in [-0.25, -0.2) is 4.79 Å². The predicted octanol–water partition coefficient (Wildman–Crippen LogP) is 3.63. The zero-order valence-corrected chi connectivity index (χ0v) is 19.1. The molecule has 0 fully saturated rings. The first-order valence-corrected chi connectivity index (χ1v) is 11.9. The lowest BCUT2D eigenvalue weighted by Gasteiger charge is -2.18. The van der Waals surface area contributed by atoms with Gasteiger partial charge in [-0.2, -0.15) is 0 Å². The van der Waals surface area contributed by atoms with Gasteiger partial charge in [0.25, 0.3) is 0 Å². The quantitative estimate of drug-likeness (QED) is 0.515. The number of hydrogen-bond donors (Lipinski definition) is 2. The maximum atomic E-state index is 12.8. The first-order chi connectivity index (χ1) is 14.8. The highest BCUT2D eigenvalue weighted by Gasteiger charge is 2.27. The lowest BCUT2D eigenvalue weighted by atomic mass is 10.0. The van der Waals surface area contributed by atoms with E-state index in [9.17, 15) is 19.6 Å². The second-order valence-electron chi connectivity index (χ2n) is 7.88. The van der Waals surface area contributed by atoms with E-state index in [0.29, 0.717) is 19.0 Å². The van der Waals surface area contributed by atoms with Gasteiger partial charge in [0.1, 0.15) is 12.2 Å². The fourth-order valence-corrected chi connectivity index (χ4v) is 4.14. The minimum atomic E-state index is -1.84. The second kappa shape index (κ2) is 12.3. The molecule has 2 rings (SSSR count). The number of aromatic nitrogens is 1. The van der Waals surface area contributed by atoms with Crippen LogP contribution in [0, 0.1) is 5.92 Å². The van der Waals surface area contributed by atoms with Gasteiger partial charge in [-0.05, 0) is 41.5 Å². The zero-order chi connectivity index (χ0) is 22.8. The smallest absolute Gasteiger partial charge is 0.326 e. The molecule has 1 unspecified atom stereocenters. The van der Waals surface area contributed by atoms with Crippen molar-refractivity contribution in [2.24, 2.45) is 10.7 Å². The van der Waals surface area contributed by atoms with Gasteiger partial charge >= 0.3 is 5.97 Å². The van der Waals surface area contributed by atoms with Gasteiger partial charge in [-0.1, -0.05) is 51.1 Å². The van der Waals surface area contributed by atoms with Crippen molar-refractivity contribution in [1.82, 2.24) is 10.3 Å². The standard InChI is InChI=1S/C23H30N3O4P/c1-4-12-31(30)26-20(13-16(2)3)22(27)25-21(23(28)29)14-17-7-9-18(10-8-17)19-6-5-11-24-15-19/h5-11,15-16,20-21H,4,12-14H2,1-3H3,(H,25,27)(H,28,29)/t20-,21-/m0/s1. The largest absolute Gasteiger partial charge is 0.612 e. The average Bonchev–Trinajstić information content (AvgIpc) is 2.73. The van der Waals surface area contributed by atoms with Crippen LogP contribution in [0.25, 0.3) is 11.1 Å². The number of carbonyl (C=O) groups is 2. The molecule has 1 aromatic carbocycles. The number of amides is 1. The van der Waals surface area contributed by atoms with Crippen LogP contribution in [-0.2, 0) is 16.0 Å². The van der Waals surface area contributed by atoms with Gasteiger partial charge in [0.15, 0.2) is 14.0 Å². The Bertz CT molecular complexity index is 885. The average molecular weight is 443 g/mol. The number of benzene rings is 1. The summed E-state index contributed by atoms with van der Waals surface area (Å²) in [5, 5.41) is 12.2. The van der Waals surface area contributed by atoms with Crippen LogP contribution in [0.4, 0.5) is 0 Å². The Labute approximate surface area is 184 Å². The first kappa shape index (κ1) is 24.6. The summed E-state index contributed by atoms with van der Waals surface area (Å²) in [5.74, 6) is -1.45. The summed E-state index contributed by atoms with van der Waals surface area (Å²) < 4.78 is 4.17. The fraction of sp³-hybridized carbons (Fsp3) is 0.435. The number of carboxylic acids is 1. The van der Waals surface area contributed by atoms with E-state index in [0.717, 1.165) is 16.7 Å². The number of nitrogens with one attached hydrogen (secondary N) is 1. The van der Waals surface area contributed by atoms with E-state index in [4.69, 9.17) is 0 Å². The third-order valence-electron chi connectivity index (χ3n) is 4.68. The SMILES string of the molecule is CCC[P+]([O-])=N[C@@H](CC(C)C)C(=O)N[C@@H](Cc1ccc(-c2cccnc2)cc1)C(=O)O.